The predicted molar refractivity (Wildman–Crippen MR) is 98.5 cm³/mol. The van der Waals surface area contributed by atoms with Gasteiger partial charge < -0.3 is 24.8 Å². The van der Waals surface area contributed by atoms with Crippen LogP contribution in [0.3, 0.4) is 0 Å². The van der Waals surface area contributed by atoms with Crippen LogP contribution in [0.15, 0.2) is 18.2 Å². The van der Waals surface area contributed by atoms with Gasteiger partial charge >= 0.3 is 6.03 Å². The minimum absolute atomic E-state index is 0.0254. The molecule has 1 aromatic rings. The van der Waals surface area contributed by atoms with Crippen molar-refractivity contribution in [1.29, 1.82) is 0 Å². The third-order valence-electron chi connectivity index (χ3n) is 6.22. The number of rotatable bonds is 1. The summed E-state index contributed by atoms with van der Waals surface area (Å²) >= 11 is 6.17. The van der Waals surface area contributed by atoms with Gasteiger partial charge in [0.05, 0.1) is 18.8 Å². The summed E-state index contributed by atoms with van der Waals surface area (Å²) < 4.78 is 11.2. The summed E-state index contributed by atoms with van der Waals surface area (Å²) in [6, 6.07) is 5.31. The number of hydrogen-bond acceptors (Lipinski definition) is 4. The fraction of sp³-hybridized carbons (Fsp3) is 0.632. The summed E-state index contributed by atoms with van der Waals surface area (Å²) in [4.78, 5) is 14.9. The first-order chi connectivity index (χ1) is 12.5. The second-order valence-electron chi connectivity index (χ2n) is 7.55. The molecule has 3 saturated heterocycles. The van der Waals surface area contributed by atoms with Crippen molar-refractivity contribution in [2.75, 3.05) is 38.3 Å². The van der Waals surface area contributed by atoms with Crippen molar-refractivity contribution in [1.82, 2.24) is 4.90 Å². The molecule has 3 fully saturated rings. The van der Waals surface area contributed by atoms with Crippen LogP contribution in [0.2, 0.25) is 5.02 Å². The maximum Gasteiger partial charge on any atom is 0.322 e. The van der Waals surface area contributed by atoms with Crippen molar-refractivity contribution in [2.24, 2.45) is 11.8 Å². The van der Waals surface area contributed by atoms with Gasteiger partial charge in [-0.25, -0.2) is 4.79 Å². The number of aliphatic hydroxyl groups is 1. The summed E-state index contributed by atoms with van der Waals surface area (Å²) in [6.45, 7) is 4.50. The third kappa shape index (κ3) is 2.99. The largest absolute Gasteiger partial charge is 0.389 e. The van der Waals surface area contributed by atoms with Crippen molar-refractivity contribution >= 4 is 23.3 Å². The molecule has 26 heavy (non-hydrogen) atoms. The van der Waals surface area contributed by atoms with Crippen LogP contribution in [-0.4, -0.2) is 60.7 Å². The molecule has 0 spiro atoms. The topological polar surface area (TPSA) is 71.0 Å². The SMILES string of the molecule is Cc1c(Cl)cccc1NC(=O)N1C[C@@H]2COCC[C@]2(O)[C@H]2COCC[C@H]21. The van der Waals surface area contributed by atoms with E-state index in [2.05, 4.69) is 5.32 Å². The van der Waals surface area contributed by atoms with E-state index in [1.165, 1.54) is 0 Å². The summed E-state index contributed by atoms with van der Waals surface area (Å²) in [6.07, 6.45) is 1.34. The number of hydrogen-bond donors (Lipinski definition) is 2. The summed E-state index contributed by atoms with van der Waals surface area (Å²) in [5, 5.41) is 14.9. The highest BCUT2D eigenvalue weighted by Gasteiger charge is 2.56. The van der Waals surface area contributed by atoms with Crippen molar-refractivity contribution in [3.8, 4) is 0 Å². The molecule has 3 aliphatic rings. The van der Waals surface area contributed by atoms with E-state index in [9.17, 15) is 9.90 Å². The number of likely N-dealkylation sites (tertiary alicyclic amines) is 1. The molecule has 0 saturated carbocycles. The number of amides is 2. The van der Waals surface area contributed by atoms with E-state index in [0.717, 1.165) is 12.0 Å². The lowest BCUT2D eigenvalue weighted by Crippen LogP contribution is -2.69. The van der Waals surface area contributed by atoms with E-state index in [1.54, 1.807) is 6.07 Å². The fourth-order valence-electron chi connectivity index (χ4n) is 4.62. The minimum Gasteiger partial charge on any atom is -0.389 e. The first kappa shape index (κ1) is 18.0. The average Bonchev–Trinajstić information content (AvgIpc) is 2.65. The molecule has 1 aromatic carbocycles. The van der Waals surface area contributed by atoms with Crippen LogP contribution in [0.4, 0.5) is 10.5 Å². The lowest BCUT2D eigenvalue weighted by atomic mass is 9.66. The number of benzene rings is 1. The molecule has 3 heterocycles. The number of halogens is 1. The Morgan fingerprint density at radius 3 is 3.00 bits per heavy atom. The number of nitrogens with one attached hydrogen (secondary N) is 1. The van der Waals surface area contributed by atoms with Crippen LogP contribution in [-0.2, 0) is 9.47 Å². The second-order valence-corrected chi connectivity index (χ2v) is 7.95. The van der Waals surface area contributed by atoms with Crippen LogP contribution in [0, 0.1) is 18.8 Å². The Bertz CT molecular complexity index is 700. The van der Waals surface area contributed by atoms with Gasteiger partial charge in [-0.3, -0.25) is 0 Å². The standard InChI is InChI=1S/C19H25ClN2O4/c1-12-15(20)3-2-4-16(12)21-18(23)22-9-13-10-26-8-6-19(13,24)14-11-25-7-5-17(14)22/h2-4,13-14,17,24H,5-11H2,1H3,(H,21,23)/t13-,14+,17-,19-/m1/s1. The monoisotopic (exact) mass is 380 g/mol. The van der Waals surface area contributed by atoms with Gasteiger partial charge in [-0.05, 0) is 31.0 Å². The molecule has 0 aliphatic carbocycles. The maximum absolute atomic E-state index is 13.1. The molecule has 4 rings (SSSR count). The number of anilines is 1. The van der Waals surface area contributed by atoms with Crippen molar-refractivity contribution in [3.05, 3.63) is 28.8 Å². The van der Waals surface area contributed by atoms with Crippen LogP contribution >= 0.6 is 11.6 Å². The molecule has 6 nitrogen and oxygen atoms in total. The number of fused-ring (bicyclic) bond motifs is 3. The van der Waals surface area contributed by atoms with Gasteiger partial charge in [0.1, 0.15) is 0 Å². The van der Waals surface area contributed by atoms with Gasteiger partial charge in [0.15, 0.2) is 0 Å². The molecule has 2 N–H and O–H groups in total. The normalized spacial score (nSPS) is 34.0. The third-order valence-corrected chi connectivity index (χ3v) is 6.63. The molecule has 2 amide bonds. The molecule has 0 unspecified atom stereocenters. The molecule has 142 valence electrons. The number of carbonyl (C=O) groups excluding carboxylic acids is 1. The molecule has 3 aliphatic heterocycles. The van der Waals surface area contributed by atoms with Crippen LogP contribution < -0.4 is 5.32 Å². The van der Waals surface area contributed by atoms with Crippen molar-refractivity contribution < 1.29 is 19.4 Å². The quantitative estimate of drug-likeness (QED) is 0.785. The fourth-order valence-corrected chi connectivity index (χ4v) is 4.80. The summed E-state index contributed by atoms with van der Waals surface area (Å²) in [5.41, 5.74) is 0.749. The summed E-state index contributed by atoms with van der Waals surface area (Å²) in [5.74, 6) is -0.171. The second kappa shape index (κ2) is 7.00. The van der Waals surface area contributed by atoms with Gasteiger partial charge in [0.2, 0.25) is 0 Å². The molecular formula is C19H25ClN2O4. The average molecular weight is 381 g/mol. The van der Waals surface area contributed by atoms with E-state index in [1.807, 2.05) is 24.0 Å². The van der Waals surface area contributed by atoms with E-state index < -0.39 is 5.60 Å². The van der Waals surface area contributed by atoms with Crippen LogP contribution in [0.5, 0.6) is 0 Å². The van der Waals surface area contributed by atoms with Crippen molar-refractivity contribution in [2.45, 2.75) is 31.4 Å². The molecule has 4 atom stereocenters. The van der Waals surface area contributed by atoms with Crippen molar-refractivity contribution in [3.63, 3.8) is 0 Å². The molecular weight excluding hydrogens is 356 g/mol. The number of carbonyl (C=O) groups is 1. The Kier molecular flexibility index (Phi) is 4.86. The maximum atomic E-state index is 13.1. The zero-order chi connectivity index (χ0) is 18.3. The lowest BCUT2D eigenvalue weighted by Gasteiger charge is -2.56. The Hall–Kier alpha value is -1.34. The Balaban J connectivity index is 1.59. The van der Waals surface area contributed by atoms with Gasteiger partial charge in [-0.1, -0.05) is 17.7 Å². The van der Waals surface area contributed by atoms with Crippen LogP contribution in [0.25, 0.3) is 0 Å². The van der Waals surface area contributed by atoms with E-state index >= 15 is 0 Å². The van der Waals surface area contributed by atoms with Gasteiger partial charge in [0, 0.05) is 54.8 Å². The first-order valence-electron chi connectivity index (χ1n) is 9.21. The summed E-state index contributed by atoms with van der Waals surface area (Å²) in [7, 11) is 0. The highest BCUT2D eigenvalue weighted by atomic mass is 35.5. The minimum atomic E-state index is -0.813. The number of urea groups is 1. The van der Waals surface area contributed by atoms with Gasteiger partial charge in [-0.15, -0.1) is 0 Å². The Morgan fingerprint density at radius 1 is 1.35 bits per heavy atom. The predicted octanol–water partition coefficient (Wildman–Crippen LogP) is 2.67. The Labute approximate surface area is 158 Å². The number of ether oxygens (including phenoxy) is 2. The van der Waals surface area contributed by atoms with E-state index in [0.29, 0.717) is 50.1 Å². The lowest BCUT2D eigenvalue weighted by molar-refractivity contribution is -0.211. The van der Waals surface area contributed by atoms with E-state index in [4.69, 9.17) is 21.1 Å². The Morgan fingerprint density at radius 2 is 2.15 bits per heavy atom. The smallest absolute Gasteiger partial charge is 0.322 e. The molecule has 0 bridgehead atoms. The molecule has 0 aromatic heterocycles. The zero-order valence-electron chi connectivity index (χ0n) is 14.9. The van der Waals surface area contributed by atoms with Crippen LogP contribution in [0.1, 0.15) is 18.4 Å². The number of piperidine rings is 1. The zero-order valence-corrected chi connectivity index (χ0v) is 15.7. The molecule has 0 radical (unpaired) electrons. The van der Waals surface area contributed by atoms with Gasteiger partial charge in [0.25, 0.3) is 0 Å². The highest BCUT2D eigenvalue weighted by Crippen LogP contribution is 2.44. The van der Waals surface area contributed by atoms with E-state index in [-0.39, 0.29) is 23.9 Å². The number of nitrogens with zero attached hydrogens (tertiary/aromatic N) is 1. The highest BCUT2D eigenvalue weighted by molar-refractivity contribution is 6.31. The van der Waals surface area contributed by atoms with Gasteiger partial charge in [-0.2, -0.15) is 0 Å². The molecule has 7 heteroatoms. The first-order valence-corrected chi connectivity index (χ1v) is 9.59.